The van der Waals surface area contributed by atoms with Crippen molar-refractivity contribution in [2.75, 3.05) is 0 Å². The minimum Gasteiger partial charge on any atom is -0.309 e. The molecule has 0 bridgehead atoms. The maximum Gasteiger partial charge on any atom is 0.0619 e. The van der Waals surface area contributed by atoms with E-state index in [0.29, 0.717) is 0 Å². The van der Waals surface area contributed by atoms with Crippen LogP contribution < -0.4 is 0 Å². The van der Waals surface area contributed by atoms with Crippen molar-refractivity contribution < 1.29 is 0 Å². The Labute approximate surface area is 370 Å². The molecule has 14 rings (SSSR count). The minimum atomic E-state index is 1.14. The van der Waals surface area contributed by atoms with Gasteiger partial charge in [0.1, 0.15) is 0 Å². The van der Waals surface area contributed by atoms with Crippen LogP contribution >= 0.6 is 0 Å². The van der Waals surface area contributed by atoms with Gasteiger partial charge in [-0.2, -0.15) is 0 Å². The SMILES string of the molecule is c1ccc(-n2c3ccc(-c4ccc5c(c4)c4ccccc4n5-c4cccc(-c5ccccc5-c5ccc6c7c(cccc57)-c5ccccc5-6)c4)cc3c3ccc4ccccc4c32)cc1. The van der Waals surface area contributed by atoms with Gasteiger partial charge < -0.3 is 9.13 Å². The highest BCUT2D eigenvalue weighted by atomic mass is 15.0. The molecule has 0 fully saturated rings. The second kappa shape index (κ2) is 13.5. The van der Waals surface area contributed by atoms with Crippen molar-refractivity contribution in [1.29, 1.82) is 0 Å². The van der Waals surface area contributed by atoms with Crippen molar-refractivity contribution in [3.8, 4) is 67.0 Å². The Kier molecular flexibility index (Phi) is 7.43. The Morgan fingerprint density at radius 1 is 0.234 bits per heavy atom. The molecule has 2 heteroatoms. The molecule has 2 nitrogen and oxygen atoms in total. The van der Waals surface area contributed by atoms with Crippen molar-refractivity contribution in [2.24, 2.45) is 0 Å². The zero-order valence-corrected chi connectivity index (χ0v) is 34.8. The highest BCUT2D eigenvalue weighted by Gasteiger charge is 2.24. The lowest BCUT2D eigenvalue weighted by Gasteiger charge is -2.15. The summed E-state index contributed by atoms with van der Waals surface area (Å²) in [7, 11) is 0. The van der Waals surface area contributed by atoms with E-state index in [1.807, 2.05) is 0 Å². The Hall–Kier alpha value is -8.46. The smallest absolute Gasteiger partial charge is 0.0619 e. The molecule has 0 spiro atoms. The summed E-state index contributed by atoms with van der Waals surface area (Å²) in [6, 6.07) is 85.2. The third-order valence-corrected chi connectivity index (χ3v) is 13.9. The molecule has 296 valence electrons. The van der Waals surface area contributed by atoms with Gasteiger partial charge in [0.2, 0.25) is 0 Å². The molecule has 2 heterocycles. The fourth-order valence-electron chi connectivity index (χ4n) is 11.1. The predicted molar refractivity (Wildman–Crippen MR) is 271 cm³/mol. The molecule has 1 aliphatic rings. The van der Waals surface area contributed by atoms with E-state index in [1.165, 1.54) is 126 Å². The van der Waals surface area contributed by atoms with E-state index >= 15 is 0 Å². The Morgan fingerprint density at radius 3 is 1.58 bits per heavy atom. The quantitative estimate of drug-likeness (QED) is 0.164. The molecule has 0 atom stereocenters. The lowest BCUT2D eigenvalue weighted by atomic mass is 9.89. The van der Waals surface area contributed by atoms with Crippen molar-refractivity contribution >= 4 is 65.2 Å². The number of hydrogen-bond donors (Lipinski definition) is 0. The lowest BCUT2D eigenvalue weighted by molar-refractivity contribution is 1.18. The first-order valence-corrected chi connectivity index (χ1v) is 22.2. The molecule has 0 amide bonds. The van der Waals surface area contributed by atoms with Gasteiger partial charge in [0, 0.05) is 38.3 Å². The van der Waals surface area contributed by atoms with Gasteiger partial charge in [-0.3, -0.25) is 0 Å². The first-order chi connectivity index (χ1) is 31.8. The van der Waals surface area contributed by atoms with Crippen LogP contribution in [0.4, 0.5) is 0 Å². The van der Waals surface area contributed by atoms with Crippen molar-refractivity contribution in [3.05, 3.63) is 231 Å². The molecule has 2 aromatic heterocycles. The van der Waals surface area contributed by atoms with Crippen LogP contribution in [0, 0.1) is 0 Å². The van der Waals surface area contributed by atoms with Crippen LogP contribution in [-0.2, 0) is 0 Å². The molecule has 1 aliphatic carbocycles. The molecule has 64 heavy (non-hydrogen) atoms. The van der Waals surface area contributed by atoms with Crippen LogP contribution in [0.25, 0.3) is 132 Å². The number of aromatic nitrogens is 2. The van der Waals surface area contributed by atoms with Gasteiger partial charge in [0.15, 0.2) is 0 Å². The third kappa shape index (κ3) is 5.02. The summed E-state index contributed by atoms with van der Waals surface area (Å²) in [6.07, 6.45) is 0. The number of hydrogen-bond acceptors (Lipinski definition) is 0. The molecule has 0 radical (unpaired) electrons. The van der Waals surface area contributed by atoms with Crippen molar-refractivity contribution in [3.63, 3.8) is 0 Å². The van der Waals surface area contributed by atoms with Crippen LogP contribution in [0.15, 0.2) is 231 Å². The number of benzene rings is 11. The minimum absolute atomic E-state index is 1.14. The van der Waals surface area contributed by atoms with E-state index in [1.54, 1.807) is 0 Å². The molecule has 11 aromatic carbocycles. The van der Waals surface area contributed by atoms with Gasteiger partial charge in [-0.25, -0.2) is 0 Å². The average Bonchev–Trinajstić information content (AvgIpc) is 4.01. The zero-order valence-electron chi connectivity index (χ0n) is 34.8. The second-order valence-corrected chi connectivity index (χ2v) is 17.2. The fourth-order valence-corrected chi connectivity index (χ4v) is 11.1. The number of para-hydroxylation sites is 2. The van der Waals surface area contributed by atoms with Crippen molar-refractivity contribution in [2.45, 2.75) is 0 Å². The summed E-state index contributed by atoms with van der Waals surface area (Å²) >= 11 is 0. The van der Waals surface area contributed by atoms with Gasteiger partial charge in [0.25, 0.3) is 0 Å². The number of fused-ring (bicyclic) bond motifs is 11. The topological polar surface area (TPSA) is 9.86 Å². The summed E-state index contributed by atoms with van der Waals surface area (Å²) in [5, 5.41) is 10.1. The van der Waals surface area contributed by atoms with E-state index in [9.17, 15) is 0 Å². The lowest BCUT2D eigenvalue weighted by Crippen LogP contribution is -1.95. The Bertz CT molecular complexity index is 4040. The monoisotopic (exact) mass is 810 g/mol. The summed E-state index contributed by atoms with van der Waals surface area (Å²) in [5.74, 6) is 0. The molecule has 0 unspecified atom stereocenters. The molecule has 0 aliphatic heterocycles. The summed E-state index contributed by atoms with van der Waals surface area (Å²) < 4.78 is 4.88. The standard InChI is InChI=1S/C62H38N2/c1-2-16-43(17-3-1)64-60-35-30-41(38-57(60)55-31-28-39-14-4-5-20-46(39)62(55)64)40-29-34-59-56(37-40)51-24-10-11-27-58(51)63(59)44-18-12-15-42(36-44)45-19-6-7-21-47(45)50-32-33-54-49-23-9-8-22-48(49)52-25-13-26-53(50)61(52)54/h1-38H. The van der Waals surface area contributed by atoms with Gasteiger partial charge >= 0.3 is 0 Å². The van der Waals surface area contributed by atoms with E-state index in [4.69, 9.17) is 0 Å². The molecule has 0 saturated carbocycles. The summed E-state index contributed by atoms with van der Waals surface area (Å²) in [5.41, 5.74) is 19.8. The van der Waals surface area contributed by atoms with Gasteiger partial charge in [0.05, 0.1) is 22.1 Å². The van der Waals surface area contributed by atoms with E-state index in [-0.39, 0.29) is 0 Å². The predicted octanol–water partition coefficient (Wildman–Crippen LogP) is 16.8. The van der Waals surface area contributed by atoms with E-state index in [2.05, 4.69) is 240 Å². The number of rotatable bonds is 5. The Balaban J connectivity index is 0.906. The van der Waals surface area contributed by atoms with Gasteiger partial charge in [-0.05, 0) is 126 Å². The fraction of sp³-hybridized carbons (Fsp3) is 0. The van der Waals surface area contributed by atoms with E-state index < -0.39 is 0 Å². The first-order valence-electron chi connectivity index (χ1n) is 22.2. The largest absolute Gasteiger partial charge is 0.309 e. The van der Waals surface area contributed by atoms with Crippen LogP contribution in [0.2, 0.25) is 0 Å². The van der Waals surface area contributed by atoms with Gasteiger partial charge in [-0.1, -0.05) is 176 Å². The molecule has 0 saturated heterocycles. The van der Waals surface area contributed by atoms with Crippen molar-refractivity contribution in [1.82, 2.24) is 9.13 Å². The molecular formula is C62H38N2. The number of nitrogens with zero attached hydrogens (tertiary/aromatic N) is 2. The summed E-state index contributed by atoms with van der Waals surface area (Å²) in [6.45, 7) is 0. The molecular weight excluding hydrogens is 773 g/mol. The zero-order chi connectivity index (χ0) is 41.9. The van der Waals surface area contributed by atoms with Crippen LogP contribution in [0.1, 0.15) is 0 Å². The van der Waals surface area contributed by atoms with Crippen LogP contribution in [0.3, 0.4) is 0 Å². The molecule has 13 aromatic rings. The first kappa shape index (κ1) is 35.2. The average molecular weight is 811 g/mol. The third-order valence-electron chi connectivity index (χ3n) is 13.9. The van der Waals surface area contributed by atoms with Crippen LogP contribution in [-0.4, -0.2) is 9.13 Å². The van der Waals surface area contributed by atoms with Gasteiger partial charge in [-0.15, -0.1) is 0 Å². The summed E-state index contributed by atoms with van der Waals surface area (Å²) in [4.78, 5) is 0. The highest BCUT2D eigenvalue weighted by Crippen LogP contribution is 2.50. The normalized spacial score (nSPS) is 12.1. The second-order valence-electron chi connectivity index (χ2n) is 17.2. The maximum atomic E-state index is 2.44. The highest BCUT2D eigenvalue weighted by molar-refractivity contribution is 6.21. The van der Waals surface area contributed by atoms with E-state index in [0.717, 1.165) is 5.69 Å². The Morgan fingerprint density at radius 2 is 0.781 bits per heavy atom. The maximum absolute atomic E-state index is 2.44. The molecule has 0 N–H and O–H groups in total. The van der Waals surface area contributed by atoms with Crippen LogP contribution in [0.5, 0.6) is 0 Å².